The molecule has 0 radical (unpaired) electrons. The molecule has 1 N–H and O–H groups in total. The molecule has 0 heterocycles. The van der Waals surface area contributed by atoms with Crippen LogP contribution in [0.25, 0.3) is 6.08 Å². The molecule has 3 atom stereocenters. The van der Waals surface area contributed by atoms with E-state index in [1.54, 1.807) is 6.92 Å². The first kappa shape index (κ1) is 32.8. The molecule has 0 spiro atoms. The standard InChI is InChI=1S/C26H22Cl3F8NOS/c1-2-16(12-40-11-15-10-24(15,30)31)38-23(39)17-5-3-13(7-19(17)26(35,36)37)4-6-18(25(32,33)34)14-8-20(27)22(29)21(28)9-14/h3-9,15-16,18H,2,10-12H2,1H3,(H,38,39)/b6-4+/t15?,16-,18?/m1/s1. The van der Waals surface area contributed by atoms with Crippen LogP contribution in [-0.4, -0.2) is 35.6 Å². The second-order valence-electron chi connectivity index (χ2n) is 9.26. The third kappa shape index (κ3) is 8.42. The van der Waals surface area contributed by atoms with E-state index in [1.165, 1.54) is 11.8 Å². The van der Waals surface area contributed by atoms with Crippen molar-refractivity contribution in [3.05, 3.63) is 73.7 Å². The largest absolute Gasteiger partial charge is 0.417 e. The van der Waals surface area contributed by atoms with Gasteiger partial charge in [-0.05, 0) is 41.8 Å². The van der Waals surface area contributed by atoms with Gasteiger partial charge >= 0.3 is 12.4 Å². The average Bonchev–Trinajstić information content (AvgIpc) is 3.46. The van der Waals surface area contributed by atoms with Crippen molar-refractivity contribution < 1.29 is 39.9 Å². The van der Waals surface area contributed by atoms with Crippen molar-refractivity contribution in [3.8, 4) is 0 Å². The molecule has 1 saturated carbocycles. The second-order valence-corrected chi connectivity index (χ2v) is 11.5. The molecule has 14 heteroatoms. The summed E-state index contributed by atoms with van der Waals surface area (Å²) in [6.45, 7) is 1.69. The molecular formula is C26H22Cl3F8NOS. The minimum absolute atomic E-state index is 0.144. The van der Waals surface area contributed by atoms with Crippen LogP contribution in [0.5, 0.6) is 0 Å². The highest BCUT2D eigenvalue weighted by molar-refractivity contribution is 7.99. The molecule has 3 rings (SSSR count). The Labute approximate surface area is 244 Å². The van der Waals surface area contributed by atoms with Crippen LogP contribution in [0.3, 0.4) is 0 Å². The molecular weight excluding hydrogens is 633 g/mol. The summed E-state index contributed by atoms with van der Waals surface area (Å²) in [7, 11) is 0. The van der Waals surface area contributed by atoms with Gasteiger partial charge in [-0.25, -0.2) is 8.78 Å². The van der Waals surface area contributed by atoms with Crippen molar-refractivity contribution in [2.75, 3.05) is 11.5 Å². The van der Waals surface area contributed by atoms with Crippen molar-refractivity contribution in [1.82, 2.24) is 5.32 Å². The Kier molecular flexibility index (Phi) is 10.4. The average molecular weight is 655 g/mol. The van der Waals surface area contributed by atoms with E-state index >= 15 is 0 Å². The van der Waals surface area contributed by atoms with Crippen molar-refractivity contribution in [3.63, 3.8) is 0 Å². The number of amides is 1. The molecule has 2 nitrogen and oxygen atoms in total. The zero-order chi connectivity index (χ0) is 30.0. The number of halogens is 11. The van der Waals surface area contributed by atoms with E-state index in [9.17, 15) is 39.9 Å². The number of carbonyl (C=O) groups excluding carboxylic acids is 1. The van der Waals surface area contributed by atoms with Gasteiger partial charge in [0, 0.05) is 29.9 Å². The number of thioether (sulfide) groups is 1. The van der Waals surface area contributed by atoms with Crippen molar-refractivity contribution in [2.45, 2.75) is 50.0 Å². The molecule has 220 valence electrons. The first-order valence-electron chi connectivity index (χ1n) is 11.8. The van der Waals surface area contributed by atoms with Gasteiger partial charge in [-0.15, -0.1) is 0 Å². The Morgan fingerprint density at radius 1 is 1.10 bits per heavy atom. The number of rotatable bonds is 10. The van der Waals surface area contributed by atoms with E-state index in [0.29, 0.717) is 18.6 Å². The first-order chi connectivity index (χ1) is 18.4. The SMILES string of the molecule is CC[C@H](CSCC1CC1(F)F)NC(=O)c1ccc(/C=C/C(c2cc(Cl)c(Cl)c(Cl)c2)C(F)(F)F)cc1C(F)(F)F. The van der Waals surface area contributed by atoms with E-state index in [1.807, 2.05) is 0 Å². The Morgan fingerprint density at radius 3 is 2.20 bits per heavy atom. The lowest BCUT2D eigenvalue weighted by atomic mass is 9.96. The van der Waals surface area contributed by atoms with Gasteiger partial charge in [0.15, 0.2) is 0 Å². The molecule has 40 heavy (non-hydrogen) atoms. The number of alkyl halides is 8. The molecule has 1 aliphatic rings. The molecule has 2 aromatic rings. The van der Waals surface area contributed by atoms with Gasteiger partial charge in [-0.3, -0.25) is 4.79 Å². The smallest absolute Gasteiger partial charge is 0.348 e. The molecule has 2 unspecified atom stereocenters. The summed E-state index contributed by atoms with van der Waals surface area (Å²) in [5.41, 5.74) is -2.67. The maximum Gasteiger partial charge on any atom is 0.417 e. The summed E-state index contributed by atoms with van der Waals surface area (Å²) >= 11 is 18.7. The topological polar surface area (TPSA) is 29.1 Å². The number of nitrogens with one attached hydrogen (secondary N) is 1. The number of hydrogen-bond donors (Lipinski definition) is 1. The van der Waals surface area contributed by atoms with Crippen molar-refractivity contribution in [2.24, 2.45) is 5.92 Å². The summed E-state index contributed by atoms with van der Waals surface area (Å²) < 4.78 is 109. The van der Waals surface area contributed by atoms with Gasteiger partial charge in [0.2, 0.25) is 0 Å². The molecule has 0 bridgehead atoms. The highest BCUT2D eigenvalue weighted by Gasteiger charge is 2.56. The molecule has 2 aromatic carbocycles. The Bertz CT molecular complexity index is 1240. The zero-order valence-electron chi connectivity index (χ0n) is 20.6. The second kappa shape index (κ2) is 12.7. The quantitative estimate of drug-likeness (QED) is 0.204. The minimum Gasteiger partial charge on any atom is -0.348 e. The minimum atomic E-state index is -4.99. The van der Waals surface area contributed by atoms with E-state index in [0.717, 1.165) is 30.3 Å². The van der Waals surface area contributed by atoms with Crippen LogP contribution >= 0.6 is 46.6 Å². The van der Waals surface area contributed by atoms with Gasteiger partial charge in [0.25, 0.3) is 11.8 Å². The fraction of sp³-hybridized carbons (Fsp3) is 0.423. The van der Waals surface area contributed by atoms with E-state index in [-0.39, 0.29) is 44.1 Å². The third-order valence-electron chi connectivity index (χ3n) is 6.21. The molecule has 1 fully saturated rings. The van der Waals surface area contributed by atoms with Crippen LogP contribution < -0.4 is 5.32 Å². The van der Waals surface area contributed by atoms with Crippen LogP contribution in [0, 0.1) is 5.92 Å². The maximum absolute atomic E-state index is 13.9. The highest BCUT2D eigenvalue weighted by Crippen LogP contribution is 2.50. The fourth-order valence-electron chi connectivity index (χ4n) is 3.80. The molecule has 1 aliphatic carbocycles. The Balaban J connectivity index is 1.82. The predicted octanol–water partition coefficient (Wildman–Crippen LogP) is 9.92. The van der Waals surface area contributed by atoms with Crippen LogP contribution in [0.4, 0.5) is 35.1 Å². The molecule has 0 saturated heterocycles. The first-order valence-corrected chi connectivity index (χ1v) is 14.1. The third-order valence-corrected chi connectivity index (χ3v) is 8.69. The highest BCUT2D eigenvalue weighted by atomic mass is 35.5. The molecule has 1 amide bonds. The summed E-state index contributed by atoms with van der Waals surface area (Å²) in [6.07, 6.45) is -8.19. The summed E-state index contributed by atoms with van der Waals surface area (Å²) in [5, 5.41) is 1.89. The van der Waals surface area contributed by atoms with E-state index in [4.69, 9.17) is 34.8 Å². The van der Waals surface area contributed by atoms with E-state index < -0.39 is 53.2 Å². The number of allylic oxidation sites excluding steroid dienone is 1. The maximum atomic E-state index is 13.9. The number of benzene rings is 2. The normalized spacial score (nSPS) is 18.6. The van der Waals surface area contributed by atoms with Crippen LogP contribution in [-0.2, 0) is 6.18 Å². The predicted molar refractivity (Wildman–Crippen MR) is 143 cm³/mol. The van der Waals surface area contributed by atoms with E-state index in [2.05, 4.69) is 5.32 Å². The Morgan fingerprint density at radius 2 is 1.70 bits per heavy atom. The van der Waals surface area contributed by atoms with Gasteiger partial charge in [0.05, 0.1) is 32.1 Å². The molecule has 0 aromatic heterocycles. The van der Waals surface area contributed by atoms with Crippen LogP contribution in [0.1, 0.15) is 52.7 Å². The van der Waals surface area contributed by atoms with Crippen molar-refractivity contribution >= 4 is 58.5 Å². The summed E-state index contributed by atoms with van der Waals surface area (Å²) in [5.74, 6) is -6.34. The fourth-order valence-corrected chi connectivity index (χ4v) is 5.80. The lowest BCUT2D eigenvalue weighted by molar-refractivity contribution is -0.139. The summed E-state index contributed by atoms with van der Waals surface area (Å²) in [4.78, 5) is 12.7. The molecule has 0 aliphatic heterocycles. The lowest BCUT2D eigenvalue weighted by Gasteiger charge is -2.20. The van der Waals surface area contributed by atoms with Gasteiger partial charge in [0.1, 0.15) is 0 Å². The summed E-state index contributed by atoms with van der Waals surface area (Å²) in [6, 6.07) is 3.89. The van der Waals surface area contributed by atoms with Crippen LogP contribution in [0.15, 0.2) is 36.4 Å². The van der Waals surface area contributed by atoms with Crippen molar-refractivity contribution in [1.29, 1.82) is 0 Å². The lowest BCUT2D eigenvalue weighted by Crippen LogP contribution is -2.37. The van der Waals surface area contributed by atoms with Crippen LogP contribution in [0.2, 0.25) is 15.1 Å². The number of hydrogen-bond acceptors (Lipinski definition) is 2. The van der Waals surface area contributed by atoms with Gasteiger partial charge in [-0.2, -0.15) is 38.1 Å². The monoisotopic (exact) mass is 653 g/mol. The Hall–Kier alpha value is -1.69. The van der Waals surface area contributed by atoms with Gasteiger partial charge < -0.3 is 5.32 Å². The van der Waals surface area contributed by atoms with Gasteiger partial charge in [-0.1, -0.05) is 59.9 Å². The zero-order valence-corrected chi connectivity index (χ0v) is 23.7. The number of carbonyl (C=O) groups is 1.